The molecular formula is C15H12N4O4. The number of rotatable bonds is 2. The van der Waals surface area contributed by atoms with Crippen molar-refractivity contribution in [2.24, 2.45) is 5.73 Å². The number of anilines is 1. The zero-order valence-corrected chi connectivity index (χ0v) is 12.0. The largest absolute Gasteiger partial charge is 0.384 e. The maximum Gasteiger partial charge on any atom is 0.262 e. The van der Waals surface area contributed by atoms with Crippen LogP contribution in [0.15, 0.2) is 29.1 Å². The van der Waals surface area contributed by atoms with Crippen LogP contribution in [0.1, 0.15) is 36.6 Å². The fourth-order valence-corrected chi connectivity index (χ4v) is 2.66. The molecule has 0 fully saturated rings. The van der Waals surface area contributed by atoms with E-state index in [0.717, 1.165) is 10.6 Å². The maximum atomic E-state index is 12.4. The highest BCUT2D eigenvalue weighted by molar-refractivity contribution is 6.23. The number of fused-ring (bicyclic) bond motifs is 1. The Morgan fingerprint density at radius 3 is 2.52 bits per heavy atom. The lowest BCUT2D eigenvalue weighted by molar-refractivity contribution is 0.0878. The van der Waals surface area contributed by atoms with E-state index in [1.807, 2.05) is 0 Å². The second-order valence-corrected chi connectivity index (χ2v) is 5.09. The molecule has 0 saturated carbocycles. The second-order valence-electron chi connectivity index (χ2n) is 5.09. The Balaban J connectivity index is 2.36. The minimum atomic E-state index is -0.667. The highest BCUT2D eigenvalue weighted by Gasteiger charge is 2.32. The minimum absolute atomic E-state index is 0.0570. The molecule has 8 heteroatoms. The van der Waals surface area contributed by atoms with Gasteiger partial charge in [0.2, 0.25) is 5.91 Å². The SMILES string of the molecule is Cc1c(C(N)=O)cccc1-n1c(N)c2c(cc1=O)C(=O)NC2=O. The summed E-state index contributed by atoms with van der Waals surface area (Å²) in [5.41, 5.74) is 11.5. The van der Waals surface area contributed by atoms with Crippen molar-refractivity contribution in [3.05, 3.63) is 56.9 Å². The third-order valence-corrected chi connectivity index (χ3v) is 3.76. The van der Waals surface area contributed by atoms with Crippen LogP contribution in [-0.2, 0) is 0 Å². The van der Waals surface area contributed by atoms with Gasteiger partial charge in [0, 0.05) is 11.6 Å². The van der Waals surface area contributed by atoms with E-state index < -0.39 is 23.3 Å². The number of hydrogen-bond acceptors (Lipinski definition) is 5. The highest BCUT2D eigenvalue weighted by Crippen LogP contribution is 2.25. The van der Waals surface area contributed by atoms with Gasteiger partial charge in [0.05, 0.1) is 16.8 Å². The molecule has 2 aromatic rings. The first-order chi connectivity index (χ1) is 10.8. The normalized spacial score (nSPS) is 12.9. The van der Waals surface area contributed by atoms with Gasteiger partial charge in [0.1, 0.15) is 5.82 Å². The average Bonchev–Trinajstić information content (AvgIpc) is 2.75. The molecule has 0 aliphatic carbocycles. The predicted octanol–water partition coefficient (Wildman–Crippen LogP) is -0.289. The van der Waals surface area contributed by atoms with Crippen LogP contribution in [0.2, 0.25) is 0 Å². The molecule has 1 aliphatic rings. The monoisotopic (exact) mass is 312 g/mol. The van der Waals surface area contributed by atoms with Crippen LogP contribution in [0.25, 0.3) is 5.69 Å². The summed E-state index contributed by atoms with van der Waals surface area (Å²) >= 11 is 0. The van der Waals surface area contributed by atoms with Gasteiger partial charge in [-0.2, -0.15) is 0 Å². The summed E-state index contributed by atoms with van der Waals surface area (Å²) in [6, 6.07) is 5.68. The molecule has 0 radical (unpaired) electrons. The van der Waals surface area contributed by atoms with E-state index in [2.05, 4.69) is 5.32 Å². The smallest absolute Gasteiger partial charge is 0.262 e. The van der Waals surface area contributed by atoms with Gasteiger partial charge in [0.15, 0.2) is 0 Å². The summed E-state index contributed by atoms with van der Waals surface area (Å²) in [7, 11) is 0. The van der Waals surface area contributed by atoms with E-state index in [0.29, 0.717) is 11.3 Å². The van der Waals surface area contributed by atoms with Crippen LogP contribution in [0, 0.1) is 6.92 Å². The molecule has 0 spiro atoms. The van der Waals surface area contributed by atoms with Crippen LogP contribution < -0.4 is 22.3 Å². The van der Waals surface area contributed by atoms with Crippen LogP contribution >= 0.6 is 0 Å². The van der Waals surface area contributed by atoms with Gasteiger partial charge < -0.3 is 11.5 Å². The molecule has 1 aromatic carbocycles. The summed E-state index contributed by atoms with van der Waals surface area (Å²) < 4.78 is 1.08. The summed E-state index contributed by atoms with van der Waals surface area (Å²) in [5, 5.41) is 2.09. The molecule has 23 heavy (non-hydrogen) atoms. The zero-order chi connectivity index (χ0) is 16.9. The van der Waals surface area contributed by atoms with E-state index in [9.17, 15) is 19.2 Å². The Morgan fingerprint density at radius 1 is 1.17 bits per heavy atom. The van der Waals surface area contributed by atoms with Gasteiger partial charge in [-0.3, -0.25) is 29.1 Å². The van der Waals surface area contributed by atoms with Gasteiger partial charge in [0.25, 0.3) is 17.4 Å². The van der Waals surface area contributed by atoms with Gasteiger partial charge in [-0.25, -0.2) is 0 Å². The third kappa shape index (κ3) is 2.00. The van der Waals surface area contributed by atoms with Crippen LogP contribution in [-0.4, -0.2) is 22.3 Å². The molecular weight excluding hydrogens is 300 g/mol. The Morgan fingerprint density at radius 2 is 1.87 bits per heavy atom. The Kier molecular flexibility index (Phi) is 3.03. The molecule has 0 bridgehead atoms. The molecule has 0 atom stereocenters. The minimum Gasteiger partial charge on any atom is -0.384 e. The van der Waals surface area contributed by atoms with Crippen LogP contribution in [0.4, 0.5) is 5.82 Å². The number of benzene rings is 1. The van der Waals surface area contributed by atoms with Gasteiger partial charge in [-0.15, -0.1) is 0 Å². The molecule has 3 rings (SSSR count). The summed E-state index contributed by atoms with van der Waals surface area (Å²) in [6.07, 6.45) is 0. The summed E-state index contributed by atoms with van der Waals surface area (Å²) in [6.45, 7) is 1.61. The van der Waals surface area contributed by atoms with Crippen molar-refractivity contribution >= 4 is 23.5 Å². The third-order valence-electron chi connectivity index (χ3n) is 3.76. The summed E-state index contributed by atoms with van der Waals surface area (Å²) in [4.78, 5) is 47.3. The number of hydrogen-bond donors (Lipinski definition) is 3. The van der Waals surface area contributed by atoms with Crippen molar-refractivity contribution in [3.8, 4) is 5.69 Å². The van der Waals surface area contributed by atoms with Crippen molar-refractivity contribution in [2.45, 2.75) is 6.92 Å². The number of primary amides is 1. The van der Waals surface area contributed by atoms with Crippen molar-refractivity contribution in [1.29, 1.82) is 0 Å². The Labute approximate surface area is 129 Å². The number of nitrogens with two attached hydrogens (primary N) is 2. The number of nitrogens with zero attached hydrogens (tertiary/aromatic N) is 1. The molecule has 116 valence electrons. The van der Waals surface area contributed by atoms with E-state index in [1.165, 1.54) is 6.07 Å². The van der Waals surface area contributed by atoms with Gasteiger partial charge in [-0.1, -0.05) is 6.07 Å². The molecule has 3 amide bonds. The van der Waals surface area contributed by atoms with Crippen LogP contribution in [0.5, 0.6) is 0 Å². The van der Waals surface area contributed by atoms with Crippen molar-refractivity contribution in [3.63, 3.8) is 0 Å². The van der Waals surface area contributed by atoms with E-state index in [4.69, 9.17) is 11.5 Å². The number of nitrogen functional groups attached to an aromatic ring is 1. The quantitative estimate of drug-likeness (QED) is 0.654. The van der Waals surface area contributed by atoms with Crippen LogP contribution in [0.3, 0.4) is 0 Å². The molecule has 0 saturated heterocycles. The average molecular weight is 312 g/mol. The fourth-order valence-electron chi connectivity index (χ4n) is 2.66. The lowest BCUT2D eigenvalue weighted by Gasteiger charge is -2.15. The standard InChI is InChI=1S/C15H12N4O4/c1-6-7(13(17)21)3-2-4-9(6)19-10(20)5-8-11(12(19)16)15(23)18-14(8)22/h2-5H,16H2,1H3,(H2,17,21)(H,18,22,23). The molecule has 0 unspecified atom stereocenters. The number of aromatic nitrogens is 1. The van der Waals surface area contributed by atoms with Crippen molar-refractivity contribution < 1.29 is 14.4 Å². The number of imide groups is 1. The van der Waals surface area contributed by atoms with E-state index >= 15 is 0 Å². The Hall–Kier alpha value is -3.42. The van der Waals surface area contributed by atoms with Crippen molar-refractivity contribution in [1.82, 2.24) is 9.88 Å². The first kappa shape index (κ1) is 14.5. The molecule has 8 nitrogen and oxygen atoms in total. The number of pyridine rings is 1. The molecule has 1 aliphatic heterocycles. The Bertz CT molecular complexity index is 959. The van der Waals surface area contributed by atoms with Gasteiger partial charge in [-0.05, 0) is 24.6 Å². The van der Waals surface area contributed by atoms with Crippen molar-refractivity contribution in [2.75, 3.05) is 5.73 Å². The van der Waals surface area contributed by atoms with Gasteiger partial charge >= 0.3 is 0 Å². The maximum absolute atomic E-state index is 12.4. The van der Waals surface area contributed by atoms with E-state index in [-0.39, 0.29) is 22.5 Å². The topological polar surface area (TPSA) is 137 Å². The first-order valence-electron chi connectivity index (χ1n) is 6.64. The molecule has 5 N–H and O–H groups in total. The lowest BCUT2D eigenvalue weighted by Crippen LogP contribution is -2.25. The first-order valence-corrected chi connectivity index (χ1v) is 6.64. The second kappa shape index (κ2) is 4.80. The summed E-state index contributed by atoms with van der Waals surface area (Å²) in [5.74, 6) is -2.14. The number of amides is 3. The lowest BCUT2D eigenvalue weighted by atomic mass is 10.0. The number of carbonyl (C=O) groups excluding carboxylic acids is 3. The zero-order valence-electron chi connectivity index (χ0n) is 12.0. The molecule has 1 aromatic heterocycles. The highest BCUT2D eigenvalue weighted by atomic mass is 16.2. The fraction of sp³-hybridized carbons (Fsp3) is 0.0667. The molecule has 2 heterocycles. The predicted molar refractivity (Wildman–Crippen MR) is 81.5 cm³/mol. The number of carbonyl (C=O) groups is 3. The number of nitrogens with one attached hydrogen (secondary N) is 1. The van der Waals surface area contributed by atoms with E-state index in [1.54, 1.807) is 19.1 Å².